The van der Waals surface area contributed by atoms with E-state index in [-0.39, 0.29) is 17.1 Å². The number of halogens is 1. The monoisotopic (exact) mass is 262 g/mol. The summed E-state index contributed by atoms with van der Waals surface area (Å²) in [6, 6.07) is 6.34. The van der Waals surface area contributed by atoms with Crippen LogP contribution < -0.4 is 10.2 Å². The number of piperidine rings is 2. The van der Waals surface area contributed by atoms with E-state index in [4.69, 9.17) is 0 Å². The first kappa shape index (κ1) is 12.6. The number of hydrogen-bond acceptors (Lipinski definition) is 2. The molecule has 0 radical (unpaired) electrons. The van der Waals surface area contributed by atoms with Gasteiger partial charge in [-0.2, -0.15) is 0 Å². The molecule has 4 heteroatoms. The van der Waals surface area contributed by atoms with Gasteiger partial charge < -0.3 is 10.2 Å². The standard InChI is InChI=1S/C15H19FN2O/c16-12-4-1-5-13(10-12)18-9-3-7-15(14(18)19)6-2-8-17-11-15/h1,4-5,10,17H,2-3,6-9,11H2. The normalized spacial score (nSPS) is 27.8. The summed E-state index contributed by atoms with van der Waals surface area (Å²) in [5, 5.41) is 3.34. The lowest BCUT2D eigenvalue weighted by Gasteiger charge is -2.44. The average Bonchev–Trinajstić information content (AvgIpc) is 2.43. The van der Waals surface area contributed by atoms with Crippen LogP contribution >= 0.6 is 0 Å². The molecule has 0 aromatic heterocycles. The Balaban J connectivity index is 1.88. The van der Waals surface area contributed by atoms with E-state index in [0.29, 0.717) is 12.2 Å². The zero-order valence-corrected chi connectivity index (χ0v) is 11.0. The molecule has 1 atom stereocenters. The van der Waals surface area contributed by atoms with E-state index in [1.165, 1.54) is 12.1 Å². The molecule has 2 heterocycles. The van der Waals surface area contributed by atoms with Crippen molar-refractivity contribution in [2.24, 2.45) is 5.41 Å². The highest BCUT2D eigenvalue weighted by Gasteiger charge is 2.44. The predicted octanol–water partition coefficient (Wildman–Crippen LogP) is 2.32. The minimum atomic E-state index is -0.285. The van der Waals surface area contributed by atoms with Crippen LogP contribution in [0.25, 0.3) is 0 Å². The minimum absolute atomic E-state index is 0.163. The first-order chi connectivity index (χ1) is 9.21. The van der Waals surface area contributed by atoms with Gasteiger partial charge in [0.1, 0.15) is 5.82 Å². The number of amides is 1. The highest BCUT2D eigenvalue weighted by atomic mass is 19.1. The van der Waals surface area contributed by atoms with Gasteiger partial charge in [0.15, 0.2) is 0 Å². The average molecular weight is 262 g/mol. The van der Waals surface area contributed by atoms with Crippen LogP contribution in [0.5, 0.6) is 0 Å². The summed E-state index contributed by atoms with van der Waals surface area (Å²) in [7, 11) is 0. The van der Waals surface area contributed by atoms with Gasteiger partial charge in [-0.15, -0.1) is 0 Å². The van der Waals surface area contributed by atoms with Gasteiger partial charge in [-0.1, -0.05) is 6.07 Å². The number of anilines is 1. The number of benzene rings is 1. The summed E-state index contributed by atoms with van der Waals surface area (Å²) in [4.78, 5) is 14.5. The Morgan fingerprint density at radius 2 is 2.11 bits per heavy atom. The van der Waals surface area contributed by atoms with Crippen LogP contribution in [-0.2, 0) is 4.79 Å². The van der Waals surface area contributed by atoms with Gasteiger partial charge in [-0.3, -0.25) is 4.79 Å². The molecule has 19 heavy (non-hydrogen) atoms. The van der Waals surface area contributed by atoms with Gasteiger partial charge in [-0.05, 0) is 50.4 Å². The van der Waals surface area contributed by atoms with Crippen molar-refractivity contribution in [2.45, 2.75) is 25.7 Å². The molecule has 3 rings (SSSR count). The summed E-state index contributed by atoms with van der Waals surface area (Å²) in [5.41, 5.74) is 0.428. The van der Waals surface area contributed by atoms with Crippen molar-refractivity contribution in [3.63, 3.8) is 0 Å². The van der Waals surface area contributed by atoms with Gasteiger partial charge >= 0.3 is 0 Å². The Hall–Kier alpha value is -1.42. The number of nitrogens with zero attached hydrogens (tertiary/aromatic N) is 1. The van der Waals surface area contributed by atoms with Crippen molar-refractivity contribution in [3.8, 4) is 0 Å². The molecular formula is C15H19FN2O. The molecule has 3 nitrogen and oxygen atoms in total. The molecule has 0 saturated carbocycles. The summed E-state index contributed by atoms with van der Waals surface area (Å²) in [6.45, 7) is 2.46. The SMILES string of the molecule is O=C1N(c2cccc(F)c2)CCCC12CCCNC2. The van der Waals surface area contributed by atoms with Gasteiger partial charge in [0.2, 0.25) is 5.91 Å². The van der Waals surface area contributed by atoms with Crippen molar-refractivity contribution in [1.82, 2.24) is 5.32 Å². The fraction of sp³-hybridized carbons (Fsp3) is 0.533. The van der Waals surface area contributed by atoms with E-state index >= 15 is 0 Å². The molecule has 1 spiro atoms. The van der Waals surface area contributed by atoms with Crippen molar-refractivity contribution in [2.75, 3.05) is 24.5 Å². The molecule has 102 valence electrons. The maximum Gasteiger partial charge on any atom is 0.234 e. The molecular weight excluding hydrogens is 243 g/mol. The molecule has 1 aromatic rings. The molecule has 2 aliphatic heterocycles. The summed E-state index contributed by atoms with van der Waals surface area (Å²) < 4.78 is 13.3. The van der Waals surface area contributed by atoms with Crippen LogP contribution in [0.3, 0.4) is 0 Å². The van der Waals surface area contributed by atoms with Crippen LogP contribution in [0.4, 0.5) is 10.1 Å². The third kappa shape index (κ3) is 2.25. The van der Waals surface area contributed by atoms with Gasteiger partial charge in [0, 0.05) is 18.8 Å². The maximum atomic E-state index is 13.3. The van der Waals surface area contributed by atoms with Crippen molar-refractivity contribution >= 4 is 11.6 Å². The molecule has 0 aliphatic carbocycles. The van der Waals surface area contributed by atoms with E-state index < -0.39 is 0 Å². The molecule has 1 N–H and O–H groups in total. The molecule has 2 saturated heterocycles. The van der Waals surface area contributed by atoms with E-state index in [2.05, 4.69) is 5.32 Å². The molecule has 2 fully saturated rings. The van der Waals surface area contributed by atoms with Crippen LogP contribution in [0.15, 0.2) is 24.3 Å². The Kier molecular flexibility index (Phi) is 3.27. The summed E-state index contributed by atoms with van der Waals surface area (Å²) in [6.07, 6.45) is 3.93. The lowest BCUT2D eigenvalue weighted by molar-refractivity contribution is -0.131. The number of carbonyl (C=O) groups is 1. The van der Waals surface area contributed by atoms with E-state index in [0.717, 1.165) is 38.8 Å². The third-order valence-corrected chi connectivity index (χ3v) is 4.33. The number of carbonyl (C=O) groups excluding carboxylic acids is 1. The highest BCUT2D eigenvalue weighted by Crippen LogP contribution is 2.38. The fourth-order valence-corrected chi connectivity index (χ4v) is 3.32. The Labute approximate surface area is 112 Å². The number of rotatable bonds is 1. The predicted molar refractivity (Wildman–Crippen MR) is 72.5 cm³/mol. The largest absolute Gasteiger partial charge is 0.316 e. The Morgan fingerprint density at radius 1 is 1.26 bits per heavy atom. The lowest BCUT2D eigenvalue weighted by atomic mass is 9.73. The molecule has 2 aliphatic rings. The first-order valence-corrected chi connectivity index (χ1v) is 7.00. The second-order valence-electron chi connectivity index (χ2n) is 5.60. The molecule has 0 bridgehead atoms. The Morgan fingerprint density at radius 3 is 2.84 bits per heavy atom. The second-order valence-corrected chi connectivity index (χ2v) is 5.60. The zero-order chi connectivity index (χ0) is 13.3. The number of nitrogens with one attached hydrogen (secondary N) is 1. The molecule has 1 unspecified atom stereocenters. The van der Waals surface area contributed by atoms with Gasteiger partial charge in [0.25, 0.3) is 0 Å². The van der Waals surface area contributed by atoms with Crippen molar-refractivity contribution < 1.29 is 9.18 Å². The molecule has 1 aromatic carbocycles. The minimum Gasteiger partial charge on any atom is -0.316 e. The summed E-state index contributed by atoms with van der Waals surface area (Å²) in [5.74, 6) is -0.122. The van der Waals surface area contributed by atoms with Crippen LogP contribution in [0, 0.1) is 11.2 Å². The van der Waals surface area contributed by atoms with E-state index in [9.17, 15) is 9.18 Å². The Bertz CT molecular complexity index is 477. The van der Waals surface area contributed by atoms with Gasteiger partial charge in [0.05, 0.1) is 5.41 Å². The quantitative estimate of drug-likeness (QED) is 0.842. The van der Waals surface area contributed by atoms with Crippen molar-refractivity contribution in [1.29, 1.82) is 0 Å². The highest BCUT2D eigenvalue weighted by molar-refractivity contribution is 5.98. The van der Waals surface area contributed by atoms with Crippen molar-refractivity contribution in [3.05, 3.63) is 30.1 Å². The fourth-order valence-electron chi connectivity index (χ4n) is 3.32. The van der Waals surface area contributed by atoms with E-state index in [1.807, 2.05) is 6.07 Å². The van der Waals surface area contributed by atoms with Crippen LogP contribution in [-0.4, -0.2) is 25.5 Å². The van der Waals surface area contributed by atoms with Gasteiger partial charge in [-0.25, -0.2) is 4.39 Å². The topological polar surface area (TPSA) is 32.3 Å². The maximum absolute atomic E-state index is 13.3. The van der Waals surface area contributed by atoms with Crippen LogP contribution in [0.1, 0.15) is 25.7 Å². The van der Waals surface area contributed by atoms with E-state index in [1.54, 1.807) is 11.0 Å². The van der Waals surface area contributed by atoms with Crippen LogP contribution in [0.2, 0.25) is 0 Å². The second kappa shape index (κ2) is 4.93. The molecule has 1 amide bonds. The zero-order valence-electron chi connectivity index (χ0n) is 11.0. The third-order valence-electron chi connectivity index (χ3n) is 4.33. The first-order valence-electron chi connectivity index (χ1n) is 7.00. The summed E-state index contributed by atoms with van der Waals surface area (Å²) >= 11 is 0. The smallest absolute Gasteiger partial charge is 0.234 e. The lowest BCUT2D eigenvalue weighted by Crippen LogP contribution is -2.55. The number of hydrogen-bond donors (Lipinski definition) is 1.